The van der Waals surface area contributed by atoms with Crippen molar-refractivity contribution in [1.82, 2.24) is 5.32 Å². The zero-order valence-corrected chi connectivity index (χ0v) is 12.5. The van der Waals surface area contributed by atoms with Gasteiger partial charge in [-0.15, -0.1) is 0 Å². The van der Waals surface area contributed by atoms with Crippen molar-refractivity contribution in [3.8, 4) is 5.75 Å². The van der Waals surface area contributed by atoms with Gasteiger partial charge < -0.3 is 15.2 Å². The number of rotatable bonds is 8. The minimum absolute atomic E-state index is 0.307. The Morgan fingerprint density at radius 3 is 2.75 bits per heavy atom. The molecule has 1 aromatic rings. The second-order valence-corrected chi connectivity index (χ2v) is 5.71. The van der Waals surface area contributed by atoms with Crippen molar-refractivity contribution in [3.05, 3.63) is 29.8 Å². The minimum atomic E-state index is 0.307. The molecule has 0 aromatic heterocycles. The third kappa shape index (κ3) is 4.50. The molecule has 20 heavy (non-hydrogen) atoms. The third-order valence-electron chi connectivity index (χ3n) is 4.15. The molecule has 0 aliphatic heterocycles. The molecule has 1 aliphatic carbocycles. The molecule has 0 radical (unpaired) electrons. The molecular formula is C17H27NO2. The fourth-order valence-electron chi connectivity index (χ4n) is 2.81. The largest absolute Gasteiger partial charge is 0.494 e. The predicted octanol–water partition coefficient (Wildman–Crippen LogP) is 3.12. The van der Waals surface area contributed by atoms with Gasteiger partial charge in [0.25, 0.3) is 0 Å². The number of aliphatic hydroxyl groups excluding tert-OH is 1. The Bertz CT molecular complexity index is 377. The average molecular weight is 277 g/mol. The van der Waals surface area contributed by atoms with E-state index in [1.54, 1.807) is 0 Å². The Morgan fingerprint density at radius 2 is 2.05 bits per heavy atom. The zero-order chi connectivity index (χ0) is 14.2. The summed E-state index contributed by atoms with van der Waals surface area (Å²) in [5.41, 5.74) is 1.27. The van der Waals surface area contributed by atoms with Crippen LogP contribution in [0.2, 0.25) is 0 Å². The van der Waals surface area contributed by atoms with Gasteiger partial charge >= 0.3 is 0 Å². The van der Waals surface area contributed by atoms with Crippen molar-refractivity contribution in [2.24, 2.45) is 5.92 Å². The molecule has 2 rings (SSSR count). The Labute approximate surface area is 122 Å². The van der Waals surface area contributed by atoms with Crippen LogP contribution in [0.25, 0.3) is 0 Å². The maximum Gasteiger partial charge on any atom is 0.119 e. The molecule has 2 unspecified atom stereocenters. The van der Waals surface area contributed by atoms with Crippen LogP contribution in [0.5, 0.6) is 5.75 Å². The van der Waals surface area contributed by atoms with Crippen LogP contribution in [0.1, 0.15) is 44.6 Å². The third-order valence-corrected chi connectivity index (χ3v) is 4.15. The van der Waals surface area contributed by atoms with E-state index in [9.17, 15) is 5.11 Å². The fourth-order valence-corrected chi connectivity index (χ4v) is 2.81. The fraction of sp³-hybridized carbons (Fsp3) is 0.647. The van der Waals surface area contributed by atoms with Gasteiger partial charge in [0.1, 0.15) is 5.75 Å². The Kier molecular flexibility index (Phi) is 6.34. The van der Waals surface area contributed by atoms with Gasteiger partial charge in [-0.05, 0) is 42.9 Å². The summed E-state index contributed by atoms with van der Waals surface area (Å²) in [6.07, 6.45) is 5.83. The van der Waals surface area contributed by atoms with E-state index in [1.807, 2.05) is 12.1 Å². The van der Waals surface area contributed by atoms with Crippen molar-refractivity contribution in [3.63, 3.8) is 0 Å². The molecule has 112 valence electrons. The highest BCUT2D eigenvalue weighted by Gasteiger charge is 2.25. The van der Waals surface area contributed by atoms with Crippen molar-refractivity contribution < 1.29 is 9.84 Å². The Morgan fingerprint density at radius 1 is 1.25 bits per heavy atom. The van der Waals surface area contributed by atoms with Crippen LogP contribution >= 0.6 is 0 Å². The van der Waals surface area contributed by atoms with Crippen LogP contribution < -0.4 is 10.1 Å². The Balaban J connectivity index is 1.76. The lowest BCUT2D eigenvalue weighted by Gasteiger charge is -2.19. The summed E-state index contributed by atoms with van der Waals surface area (Å²) in [4.78, 5) is 0. The number of hydrogen-bond acceptors (Lipinski definition) is 3. The first kappa shape index (κ1) is 15.3. The van der Waals surface area contributed by atoms with E-state index in [-0.39, 0.29) is 0 Å². The van der Waals surface area contributed by atoms with Gasteiger partial charge in [-0.3, -0.25) is 0 Å². The smallest absolute Gasteiger partial charge is 0.119 e. The molecule has 0 bridgehead atoms. The van der Waals surface area contributed by atoms with Crippen LogP contribution in [0.3, 0.4) is 0 Å². The highest BCUT2D eigenvalue weighted by atomic mass is 16.5. The SMILES string of the molecule is CCCCOc1ccc(CNC2CCCC2CO)cc1. The van der Waals surface area contributed by atoms with Gasteiger partial charge in [0.2, 0.25) is 0 Å². The van der Waals surface area contributed by atoms with E-state index in [1.165, 1.54) is 18.4 Å². The van der Waals surface area contributed by atoms with Gasteiger partial charge in [0.15, 0.2) is 0 Å². The summed E-state index contributed by atoms with van der Waals surface area (Å²) >= 11 is 0. The molecule has 0 amide bonds. The lowest BCUT2D eigenvalue weighted by Crippen LogP contribution is -2.33. The van der Waals surface area contributed by atoms with Gasteiger partial charge in [0, 0.05) is 19.2 Å². The van der Waals surface area contributed by atoms with Gasteiger partial charge in [-0.25, -0.2) is 0 Å². The Hall–Kier alpha value is -1.06. The first-order chi connectivity index (χ1) is 9.83. The number of nitrogens with one attached hydrogen (secondary N) is 1. The van der Waals surface area contributed by atoms with Gasteiger partial charge in [-0.2, -0.15) is 0 Å². The van der Waals surface area contributed by atoms with E-state index in [4.69, 9.17) is 4.74 Å². The number of hydrogen-bond donors (Lipinski definition) is 2. The maximum absolute atomic E-state index is 9.32. The molecule has 2 atom stereocenters. The second-order valence-electron chi connectivity index (χ2n) is 5.71. The minimum Gasteiger partial charge on any atom is -0.494 e. The van der Waals surface area contributed by atoms with E-state index < -0.39 is 0 Å². The first-order valence-electron chi connectivity index (χ1n) is 7.89. The van der Waals surface area contributed by atoms with Crippen LogP contribution in [0.4, 0.5) is 0 Å². The number of ether oxygens (including phenoxy) is 1. The maximum atomic E-state index is 9.32. The molecule has 1 aromatic carbocycles. The summed E-state index contributed by atoms with van der Waals surface area (Å²) in [7, 11) is 0. The van der Waals surface area contributed by atoms with Crippen molar-refractivity contribution in [2.75, 3.05) is 13.2 Å². The summed E-state index contributed by atoms with van der Waals surface area (Å²) in [6, 6.07) is 8.81. The molecule has 0 saturated heterocycles. The molecule has 3 heteroatoms. The lowest BCUT2D eigenvalue weighted by atomic mass is 10.0. The van der Waals surface area contributed by atoms with Crippen LogP contribution in [-0.4, -0.2) is 24.4 Å². The topological polar surface area (TPSA) is 41.5 Å². The average Bonchev–Trinajstić information content (AvgIpc) is 2.94. The van der Waals surface area contributed by atoms with E-state index >= 15 is 0 Å². The van der Waals surface area contributed by atoms with Gasteiger partial charge in [0.05, 0.1) is 6.61 Å². The summed E-state index contributed by atoms with van der Waals surface area (Å²) in [5.74, 6) is 1.39. The summed E-state index contributed by atoms with van der Waals surface area (Å²) < 4.78 is 5.66. The highest BCUT2D eigenvalue weighted by Crippen LogP contribution is 2.25. The normalized spacial score (nSPS) is 22.1. The predicted molar refractivity (Wildman–Crippen MR) is 81.9 cm³/mol. The lowest BCUT2D eigenvalue weighted by molar-refractivity contribution is 0.205. The molecular weight excluding hydrogens is 250 g/mol. The van der Waals surface area contributed by atoms with E-state index in [0.717, 1.165) is 38.2 Å². The summed E-state index contributed by atoms with van der Waals surface area (Å²) in [5, 5.41) is 12.9. The molecule has 0 spiro atoms. The first-order valence-corrected chi connectivity index (χ1v) is 7.89. The monoisotopic (exact) mass is 277 g/mol. The van der Waals surface area contributed by atoms with Crippen LogP contribution in [0, 0.1) is 5.92 Å². The van der Waals surface area contributed by atoms with Crippen molar-refractivity contribution in [1.29, 1.82) is 0 Å². The molecule has 2 N–H and O–H groups in total. The number of aliphatic hydroxyl groups is 1. The number of benzene rings is 1. The molecule has 3 nitrogen and oxygen atoms in total. The quantitative estimate of drug-likeness (QED) is 0.717. The molecule has 0 heterocycles. The van der Waals surface area contributed by atoms with Crippen molar-refractivity contribution >= 4 is 0 Å². The molecule has 1 aliphatic rings. The highest BCUT2D eigenvalue weighted by molar-refractivity contribution is 5.27. The molecule has 1 fully saturated rings. The number of unbranched alkanes of at least 4 members (excludes halogenated alkanes) is 1. The van der Waals surface area contributed by atoms with Gasteiger partial charge in [-0.1, -0.05) is 31.9 Å². The van der Waals surface area contributed by atoms with E-state index in [0.29, 0.717) is 18.6 Å². The zero-order valence-electron chi connectivity index (χ0n) is 12.5. The van der Waals surface area contributed by atoms with Crippen LogP contribution in [-0.2, 0) is 6.54 Å². The standard InChI is InChI=1S/C17H27NO2/c1-2-3-11-20-16-9-7-14(8-10-16)12-18-17-6-4-5-15(17)13-19/h7-10,15,17-19H,2-6,11-13H2,1H3. The molecule has 1 saturated carbocycles. The second kappa shape index (κ2) is 8.28. The van der Waals surface area contributed by atoms with E-state index in [2.05, 4.69) is 24.4 Å². The summed E-state index contributed by atoms with van der Waals surface area (Å²) in [6.45, 7) is 4.15. The van der Waals surface area contributed by atoms with Crippen LogP contribution in [0.15, 0.2) is 24.3 Å². The van der Waals surface area contributed by atoms with Crippen molar-refractivity contribution in [2.45, 2.75) is 51.6 Å².